The van der Waals surface area contributed by atoms with Gasteiger partial charge in [-0.05, 0) is 37.4 Å². The summed E-state index contributed by atoms with van der Waals surface area (Å²) in [6.45, 7) is 6.98. The largest absolute Gasteiger partial charge is 0.310 e. The van der Waals surface area contributed by atoms with Gasteiger partial charge in [-0.1, -0.05) is 38.8 Å². The van der Waals surface area contributed by atoms with Gasteiger partial charge >= 0.3 is 0 Å². The molecular formula is C15H22ClF2N. The van der Waals surface area contributed by atoms with E-state index in [0.717, 1.165) is 31.9 Å². The first-order chi connectivity index (χ1) is 9.01. The van der Waals surface area contributed by atoms with Crippen molar-refractivity contribution in [2.24, 2.45) is 5.92 Å². The van der Waals surface area contributed by atoms with E-state index in [2.05, 4.69) is 19.2 Å². The fourth-order valence-electron chi connectivity index (χ4n) is 2.32. The number of halogens is 3. The van der Waals surface area contributed by atoms with Gasteiger partial charge in [-0.25, -0.2) is 8.78 Å². The highest BCUT2D eigenvalue weighted by atomic mass is 35.5. The van der Waals surface area contributed by atoms with Gasteiger partial charge in [0.2, 0.25) is 0 Å². The fourth-order valence-corrected chi connectivity index (χ4v) is 2.47. The van der Waals surface area contributed by atoms with E-state index < -0.39 is 11.6 Å². The molecule has 4 heteroatoms. The summed E-state index contributed by atoms with van der Waals surface area (Å²) < 4.78 is 27.6. The Kier molecular flexibility index (Phi) is 6.73. The topological polar surface area (TPSA) is 12.0 Å². The van der Waals surface area contributed by atoms with Crippen LogP contribution in [0.4, 0.5) is 8.78 Å². The van der Waals surface area contributed by atoms with E-state index in [1.54, 1.807) is 0 Å². The Bertz CT molecular complexity index is 409. The number of benzene rings is 1. The third-order valence-electron chi connectivity index (χ3n) is 3.30. The Morgan fingerprint density at radius 1 is 1.16 bits per heavy atom. The van der Waals surface area contributed by atoms with Crippen molar-refractivity contribution in [3.05, 3.63) is 34.4 Å². The van der Waals surface area contributed by atoms with Crippen molar-refractivity contribution in [2.45, 2.75) is 46.1 Å². The van der Waals surface area contributed by atoms with E-state index in [-0.39, 0.29) is 17.0 Å². The maximum atomic E-state index is 14.0. The zero-order valence-electron chi connectivity index (χ0n) is 11.8. The summed E-state index contributed by atoms with van der Waals surface area (Å²) in [5, 5.41) is 3.14. The monoisotopic (exact) mass is 289 g/mol. The second-order valence-corrected chi connectivity index (χ2v) is 5.39. The molecule has 2 unspecified atom stereocenters. The van der Waals surface area contributed by atoms with Crippen molar-refractivity contribution in [1.29, 1.82) is 0 Å². The molecule has 0 aromatic heterocycles. The van der Waals surface area contributed by atoms with Gasteiger partial charge in [0, 0.05) is 11.6 Å². The molecule has 0 bridgehead atoms. The van der Waals surface area contributed by atoms with E-state index in [1.807, 2.05) is 6.92 Å². The summed E-state index contributed by atoms with van der Waals surface area (Å²) in [6.07, 6.45) is 2.93. The molecule has 0 heterocycles. The summed E-state index contributed by atoms with van der Waals surface area (Å²) in [6, 6.07) is 2.11. The van der Waals surface area contributed by atoms with Gasteiger partial charge < -0.3 is 5.32 Å². The fraction of sp³-hybridized carbons (Fsp3) is 0.600. The van der Waals surface area contributed by atoms with Crippen molar-refractivity contribution in [2.75, 3.05) is 6.54 Å². The molecule has 0 fully saturated rings. The predicted molar refractivity (Wildman–Crippen MR) is 76.5 cm³/mol. The zero-order valence-corrected chi connectivity index (χ0v) is 12.5. The maximum absolute atomic E-state index is 14.0. The van der Waals surface area contributed by atoms with Crippen LogP contribution in [0.1, 0.15) is 51.6 Å². The highest BCUT2D eigenvalue weighted by Crippen LogP contribution is 2.30. The first-order valence-electron chi connectivity index (χ1n) is 6.89. The van der Waals surface area contributed by atoms with Crippen LogP contribution < -0.4 is 5.32 Å². The molecule has 0 saturated heterocycles. The highest BCUT2D eigenvalue weighted by molar-refractivity contribution is 6.30. The molecule has 1 aromatic carbocycles. The van der Waals surface area contributed by atoms with Crippen molar-refractivity contribution >= 4 is 11.6 Å². The number of nitrogens with one attached hydrogen (secondary N) is 1. The van der Waals surface area contributed by atoms with Crippen LogP contribution in [0.3, 0.4) is 0 Å². The van der Waals surface area contributed by atoms with Crippen LogP contribution in [0.2, 0.25) is 5.02 Å². The summed E-state index contributed by atoms with van der Waals surface area (Å²) in [4.78, 5) is 0. The normalized spacial score (nSPS) is 14.4. The molecule has 1 rings (SSSR count). The quantitative estimate of drug-likeness (QED) is 0.689. The van der Waals surface area contributed by atoms with Crippen molar-refractivity contribution < 1.29 is 8.78 Å². The smallest absolute Gasteiger partial charge is 0.142 e. The molecule has 0 aliphatic heterocycles. The minimum absolute atomic E-state index is 0.168. The summed E-state index contributed by atoms with van der Waals surface area (Å²) in [5.74, 6) is -0.764. The van der Waals surface area contributed by atoms with Gasteiger partial charge in [0.05, 0.1) is 5.02 Å². The molecule has 0 saturated carbocycles. The number of hydrogen-bond acceptors (Lipinski definition) is 1. The molecule has 1 aromatic rings. The molecule has 108 valence electrons. The number of hydrogen-bond donors (Lipinski definition) is 1. The van der Waals surface area contributed by atoms with Crippen LogP contribution in [-0.4, -0.2) is 6.54 Å². The Morgan fingerprint density at radius 2 is 1.84 bits per heavy atom. The lowest BCUT2D eigenvalue weighted by Crippen LogP contribution is -2.28. The van der Waals surface area contributed by atoms with Crippen molar-refractivity contribution in [3.8, 4) is 0 Å². The highest BCUT2D eigenvalue weighted by Gasteiger charge is 2.22. The second kappa shape index (κ2) is 7.81. The first-order valence-corrected chi connectivity index (χ1v) is 7.26. The molecule has 0 spiro atoms. The minimum Gasteiger partial charge on any atom is -0.310 e. The standard InChI is InChI=1S/C15H22ClF2N/c1-4-6-10(3)15(19-7-5-2)11-8-14(18)12(16)9-13(11)17/h8-10,15,19H,4-7H2,1-3H3. The number of rotatable bonds is 7. The molecular weight excluding hydrogens is 268 g/mol. The Balaban J connectivity index is 3.05. The van der Waals surface area contributed by atoms with Crippen LogP contribution in [-0.2, 0) is 0 Å². The van der Waals surface area contributed by atoms with Gasteiger partial charge in [0.1, 0.15) is 11.6 Å². The van der Waals surface area contributed by atoms with Crippen LogP contribution in [0.25, 0.3) is 0 Å². The van der Waals surface area contributed by atoms with E-state index in [9.17, 15) is 8.78 Å². The first kappa shape index (κ1) is 16.4. The SMILES string of the molecule is CCCNC(c1cc(F)c(Cl)cc1F)C(C)CCC. The lowest BCUT2D eigenvalue weighted by Gasteiger charge is -2.26. The van der Waals surface area contributed by atoms with E-state index in [4.69, 9.17) is 11.6 Å². The van der Waals surface area contributed by atoms with Gasteiger partial charge in [-0.3, -0.25) is 0 Å². The molecule has 0 amide bonds. The van der Waals surface area contributed by atoms with Crippen molar-refractivity contribution in [3.63, 3.8) is 0 Å². The molecule has 0 aliphatic carbocycles. The van der Waals surface area contributed by atoms with E-state index >= 15 is 0 Å². The predicted octanol–water partition coefficient (Wildman–Crippen LogP) is 5.10. The average molecular weight is 290 g/mol. The van der Waals surface area contributed by atoms with Crippen LogP contribution in [0.15, 0.2) is 12.1 Å². The van der Waals surface area contributed by atoms with Gasteiger partial charge in [0.15, 0.2) is 0 Å². The Hall–Kier alpha value is -0.670. The average Bonchev–Trinajstić information content (AvgIpc) is 2.36. The second-order valence-electron chi connectivity index (χ2n) is 4.99. The van der Waals surface area contributed by atoms with Gasteiger partial charge in [0.25, 0.3) is 0 Å². The molecule has 2 atom stereocenters. The Morgan fingerprint density at radius 3 is 2.42 bits per heavy atom. The van der Waals surface area contributed by atoms with Crippen LogP contribution >= 0.6 is 11.6 Å². The lowest BCUT2D eigenvalue weighted by atomic mass is 9.90. The lowest BCUT2D eigenvalue weighted by molar-refractivity contribution is 0.352. The molecule has 19 heavy (non-hydrogen) atoms. The zero-order chi connectivity index (χ0) is 14.4. The molecule has 0 aliphatic rings. The summed E-state index contributed by atoms with van der Waals surface area (Å²) in [5.41, 5.74) is 0.372. The Labute approximate surface area is 119 Å². The molecule has 1 nitrogen and oxygen atoms in total. The maximum Gasteiger partial charge on any atom is 0.142 e. The van der Waals surface area contributed by atoms with Gasteiger partial charge in [-0.2, -0.15) is 0 Å². The molecule has 0 radical (unpaired) electrons. The van der Waals surface area contributed by atoms with E-state index in [1.165, 1.54) is 6.07 Å². The van der Waals surface area contributed by atoms with E-state index in [0.29, 0.717) is 5.56 Å². The molecule has 1 N–H and O–H groups in total. The third-order valence-corrected chi connectivity index (χ3v) is 3.59. The summed E-state index contributed by atoms with van der Waals surface area (Å²) in [7, 11) is 0. The van der Waals surface area contributed by atoms with Gasteiger partial charge in [-0.15, -0.1) is 0 Å². The minimum atomic E-state index is -0.565. The third kappa shape index (κ3) is 4.43. The summed E-state index contributed by atoms with van der Waals surface area (Å²) >= 11 is 5.60. The van der Waals surface area contributed by atoms with Crippen LogP contribution in [0, 0.1) is 17.6 Å². The van der Waals surface area contributed by atoms with Crippen LogP contribution in [0.5, 0.6) is 0 Å². The van der Waals surface area contributed by atoms with Crippen molar-refractivity contribution in [1.82, 2.24) is 5.32 Å².